The van der Waals surface area contributed by atoms with E-state index in [1.165, 1.54) is 0 Å². The van der Waals surface area contributed by atoms with E-state index in [4.69, 9.17) is 0 Å². The van der Waals surface area contributed by atoms with Crippen molar-refractivity contribution in [3.05, 3.63) is 29.8 Å². The molecule has 2 amide bonds. The molecule has 0 aliphatic carbocycles. The highest BCUT2D eigenvalue weighted by Gasteiger charge is 2.34. The number of benzene rings is 1. The molecule has 1 fully saturated rings. The molecule has 2 rings (SSSR count). The Morgan fingerprint density at radius 3 is 2.46 bits per heavy atom. The van der Waals surface area contributed by atoms with Crippen molar-refractivity contribution in [2.75, 3.05) is 24.1 Å². The van der Waals surface area contributed by atoms with Crippen molar-refractivity contribution in [3.8, 4) is 0 Å². The van der Waals surface area contributed by atoms with E-state index in [0.717, 1.165) is 19.1 Å². The van der Waals surface area contributed by atoms with Crippen LogP contribution in [0.4, 0.5) is 5.69 Å². The van der Waals surface area contributed by atoms with Crippen LogP contribution in [0.2, 0.25) is 0 Å². The molecule has 0 saturated carbocycles. The van der Waals surface area contributed by atoms with Gasteiger partial charge in [-0.05, 0) is 49.4 Å². The topological polar surface area (TPSA) is 95.6 Å². The third-order valence-corrected chi connectivity index (χ3v) is 4.88. The second kappa shape index (κ2) is 8.53. The Kier molecular flexibility index (Phi) is 6.63. The Morgan fingerprint density at radius 2 is 1.88 bits per heavy atom. The first-order valence-electron chi connectivity index (χ1n) is 8.84. The molecular formula is C18H27N3O4S. The molecule has 0 aromatic heterocycles. The van der Waals surface area contributed by atoms with Crippen LogP contribution in [0, 0.1) is 5.92 Å². The predicted molar refractivity (Wildman–Crippen MR) is 101 cm³/mol. The number of likely N-dealkylation sites (tertiary alicyclic amines) is 1. The molecule has 26 heavy (non-hydrogen) atoms. The molecule has 1 aliphatic rings. The number of nitrogens with zero attached hydrogens (tertiary/aromatic N) is 1. The van der Waals surface area contributed by atoms with Gasteiger partial charge in [0.15, 0.2) is 0 Å². The SMILES string of the molecule is CC(C)CCNC(=O)[C@H]1CCCN1C(=O)c1ccc(NS(C)(=O)=O)cc1. The Labute approximate surface area is 155 Å². The molecule has 0 spiro atoms. The summed E-state index contributed by atoms with van der Waals surface area (Å²) in [5.41, 5.74) is 0.833. The number of rotatable bonds is 7. The molecule has 1 aromatic rings. The maximum atomic E-state index is 12.7. The molecule has 1 atom stereocenters. The smallest absolute Gasteiger partial charge is 0.254 e. The minimum Gasteiger partial charge on any atom is -0.354 e. The largest absolute Gasteiger partial charge is 0.354 e. The molecular weight excluding hydrogens is 354 g/mol. The lowest BCUT2D eigenvalue weighted by Gasteiger charge is -2.24. The Bertz CT molecular complexity index is 744. The van der Waals surface area contributed by atoms with E-state index < -0.39 is 16.1 Å². The first-order chi connectivity index (χ1) is 12.2. The van der Waals surface area contributed by atoms with Gasteiger partial charge in [0.2, 0.25) is 15.9 Å². The lowest BCUT2D eigenvalue weighted by Crippen LogP contribution is -2.46. The highest BCUT2D eigenvalue weighted by molar-refractivity contribution is 7.92. The minimum absolute atomic E-state index is 0.105. The van der Waals surface area contributed by atoms with E-state index in [-0.39, 0.29) is 11.8 Å². The van der Waals surface area contributed by atoms with Gasteiger partial charge < -0.3 is 10.2 Å². The number of sulfonamides is 1. The summed E-state index contributed by atoms with van der Waals surface area (Å²) >= 11 is 0. The van der Waals surface area contributed by atoms with Gasteiger partial charge >= 0.3 is 0 Å². The summed E-state index contributed by atoms with van der Waals surface area (Å²) in [6, 6.07) is 5.79. The van der Waals surface area contributed by atoms with Crippen LogP contribution in [0.1, 0.15) is 43.5 Å². The van der Waals surface area contributed by atoms with Crippen LogP contribution in [0.15, 0.2) is 24.3 Å². The van der Waals surface area contributed by atoms with Gasteiger partial charge in [-0.1, -0.05) is 13.8 Å². The van der Waals surface area contributed by atoms with Gasteiger partial charge in [0, 0.05) is 24.3 Å². The van der Waals surface area contributed by atoms with Crippen LogP contribution >= 0.6 is 0 Å². The molecule has 144 valence electrons. The summed E-state index contributed by atoms with van der Waals surface area (Å²) in [4.78, 5) is 26.8. The molecule has 1 aromatic carbocycles. The zero-order valence-electron chi connectivity index (χ0n) is 15.5. The van der Waals surface area contributed by atoms with Crippen molar-refractivity contribution in [1.29, 1.82) is 0 Å². The average Bonchev–Trinajstić information content (AvgIpc) is 3.02. The quantitative estimate of drug-likeness (QED) is 0.753. The fourth-order valence-corrected chi connectivity index (χ4v) is 3.51. The Hall–Kier alpha value is -2.09. The molecule has 0 unspecified atom stereocenters. The molecule has 1 heterocycles. The molecule has 0 bridgehead atoms. The molecule has 1 aliphatic heterocycles. The molecule has 0 radical (unpaired) electrons. The normalized spacial score (nSPS) is 17.4. The predicted octanol–water partition coefficient (Wildman–Crippen LogP) is 1.82. The number of hydrogen-bond donors (Lipinski definition) is 2. The van der Waals surface area contributed by atoms with Crippen molar-refractivity contribution in [1.82, 2.24) is 10.2 Å². The zero-order valence-corrected chi connectivity index (χ0v) is 16.3. The number of hydrogen-bond acceptors (Lipinski definition) is 4. The highest BCUT2D eigenvalue weighted by atomic mass is 32.2. The summed E-state index contributed by atoms with van der Waals surface area (Å²) in [5.74, 6) is 0.194. The van der Waals surface area contributed by atoms with Crippen LogP contribution < -0.4 is 10.0 Å². The monoisotopic (exact) mass is 381 g/mol. The van der Waals surface area contributed by atoms with E-state index in [1.54, 1.807) is 29.2 Å². The highest BCUT2D eigenvalue weighted by Crippen LogP contribution is 2.21. The lowest BCUT2D eigenvalue weighted by atomic mass is 10.1. The number of anilines is 1. The van der Waals surface area contributed by atoms with Crippen LogP contribution in [-0.4, -0.2) is 50.5 Å². The van der Waals surface area contributed by atoms with E-state index in [0.29, 0.717) is 36.7 Å². The van der Waals surface area contributed by atoms with Crippen LogP contribution in [0.3, 0.4) is 0 Å². The molecule has 8 heteroatoms. The first kappa shape index (κ1) is 20.2. The minimum atomic E-state index is -3.36. The number of amides is 2. The van der Waals surface area contributed by atoms with Gasteiger partial charge in [0.05, 0.1) is 6.26 Å². The summed E-state index contributed by atoms with van der Waals surface area (Å²) in [5, 5.41) is 2.92. The lowest BCUT2D eigenvalue weighted by molar-refractivity contribution is -0.124. The second-order valence-electron chi connectivity index (χ2n) is 7.08. The molecule has 7 nitrogen and oxygen atoms in total. The van der Waals surface area contributed by atoms with Crippen LogP contribution in [0.5, 0.6) is 0 Å². The average molecular weight is 381 g/mol. The van der Waals surface area contributed by atoms with Gasteiger partial charge in [-0.2, -0.15) is 0 Å². The van der Waals surface area contributed by atoms with Gasteiger partial charge in [0.1, 0.15) is 6.04 Å². The number of nitrogens with one attached hydrogen (secondary N) is 2. The number of carbonyl (C=O) groups excluding carboxylic acids is 2. The number of carbonyl (C=O) groups is 2. The fourth-order valence-electron chi connectivity index (χ4n) is 2.94. The van der Waals surface area contributed by atoms with E-state index >= 15 is 0 Å². The summed E-state index contributed by atoms with van der Waals surface area (Å²) in [6.07, 6.45) is 3.43. The summed E-state index contributed by atoms with van der Waals surface area (Å²) in [7, 11) is -3.36. The van der Waals surface area contributed by atoms with Gasteiger partial charge in [-0.3, -0.25) is 14.3 Å². The van der Waals surface area contributed by atoms with Gasteiger partial charge in [-0.25, -0.2) is 8.42 Å². The zero-order chi connectivity index (χ0) is 19.3. The van der Waals surface area contributed by atoms with E-state index in [2.05, 4.69) is 23.9 Å². The Balaban J connectivity index is 2.02. The summed E-state index contributed by atoms with van der Waals surface area (Å²) in [6.45, 7) is 5.35. The van der Waals surface area contributed by atoms with E-state index in [9.17, 15) is 18.0 Å². The third-order valence-electron chi connectivity index (χ3n) is 4.27. The van der Waals surface area contributed by atoms with Gasteiger partial charge in [0.25, 0.3) is 5.91 Å². The standard InChI is InChI=1S/C18H27N3O4S/c1-13(2)10-11-19-17(22)16-5-4-12-21(16)18(23)14-6-8-15(9-7-14)20-26(3,24)25/h6-9,13,16,20H,4-5,10-12H2,1-3H3,(H,19,22)/t16-/m1/s1. The molecule has 2 N–H and O–H groups in total. The van der Waals surface area contributed by atoms with Crippen molar-refractivity contribution in [3.63, 3.8) is 0 Å². The third kappa shape index (κ3) is 5.72. The van der Waals surface area contributed by atoms with Crippen LogP contribution in [0.25, 0.3) is 0 Å². The van der Waals surface area contributed by atoms with E-state index in [1.807, 2.05) is 0 Å². The fraction of sp³-hybridized carbons (Fsp3) is 0.556. The second-order valence-corrected chi connectivity index (χ2v) is 8.83. The van der Waals surface area contributed by atoms with Gasteiger partial charge in [-0.15, -0.1) is 0 Å². The molecule has 1 saturated heterocycles. The van der Waals surface area contributed by atoms with Crippen molar-refractivity contribution >= 4 is 27.5 Å². The Morgan fingerprint density at radius 1 is 1.23 bits per heavy atom. The summed E-state index contributed by atoms with van der Waals surface area (Å²) < 4.78 is 24.8. The maximum Gasteiger partial charge on any atom is 0.254 e. The van der Waals surface area contributed by atoms with Crippen molar-refractivity contribution < 1.29 is 18.0 Å². The van der Waals surface area contributed by atoms with Crippen molar-refractivity contribution in [2.24, 2.45) is 5.92 Å². The first-order valence-corrected chi connectivity index (χ1v) is 10.7. The maximum absolute atomic E-state index is 12.7. The van der Waals surface area contributed by atoms with Crippen LogP contribution in [-0.2, 0) is 14.8 Å². The van der Waals surface area contributed by atoms with Crippen molar-refractivity contribution in [2.45, 2.75) is 39.2 Å².